The summed E-state index contributed by atoms with van der Waals surface area (Å²) < 4.78 is 0. The fourth-order valence-electron chi connectivity index (χ4n) is 2.96. The molecule has 0 spiro atoms. The number of benzene rings is 1. The summed E-state index contributed by atoms with van der Waals surface area (Å²) in [5, 5.41) is 0. The quantitative estimate of drug-likeness (QED) is 0.826. The van der Waals surface area contributed by atoms with Gasteiger partial charge < -0.3 is 4.90 Å². The largest absolute Gasteiger partial charge is 0.300 e. The maximum atomic E-state index is 4.51. The van der Waals surface area contributed by atoms with E-state index in [9.17, 15) is 0 Å². The highest BCUT2D eigenvalue weighted by atomic mass is 32.1. The topological polar surface area (TPSA) is 6.48 Å². The Labute approximate surface area is 122 Å². The highest BCUT2D eigenvalue weighted by Gasteiger charge is 2.42. The van der Waals surface area contributed by atoms with E-state index < -0.39 is 0 Å². The van der Waals surface area contributed by atoms with Crippen molar-refractivity contribution < 1.29 is 0 Å². The van der Waals surface area contributed by atoms with Gasteiger partial charge in [-0.15, -0.1) is 0 Å². The summed E-state index contributed by atoms with van der Waals surface area (Å²) in [6, 6.07) is 10.8. The Morgan fingerprint density at radius 3 is 2.16 bits per heavy atom. The lowest BCUT2D eigenvalue weighted by molar-refractivity contribution is 0.112. The minimum Gasteiger partial charge on any atom is -0.300 e. The van der Waals surface area contributed by atoms with Crippen LogP contribution in [0.2, 0.25) is 0 Å². The average Bonchev–Trinajstić information content (AvgIpc) is 3.23. The molecular formula is C16H24N2S. The number of hydrogen-bond donors (Lipinski definition) is 1. The summed E-state index contributed by atoms with van der Waals surface area (Å²) in [5.74, 6) is 1.07. The Balaban J connectivity index is 1.45. The van der Waals surface area contributed by atoms with Crippen LogP contribution in [-0.4, -0.2) is 48.3 Å². The van der Waals surface area contributed by atoms with Gasteiger partial charge in [0.2, 0.25) is 0 Å². The SMILES string of the molecule is SCC1(CN2CCN(Cc3ccccc3)CC2)CC1. The van der Waals surface area contributed by atoms with Crippen molar-refractivity contribution in [2.75, 3.05) is 38.5 Å². The maximum absolute atomic E-state index is 4.51. The first-order valence-corrected chi connectivity index (χ1v) is 8.02. The van der Waals surface area contributed by atoms with Gasteiger partial charge in [-0.3, -0.25) is 4.90 Å². The molecule has 1 saturated heterocycles. The Morgan fingerprint density at radius 1 is 0.947 bits per heavy atom. The summed E-state index contributed by atoms with van der Waals surface area (Å²) in [6.07, 6.45) is 2.78. The smallest absolute Gasteiger partial charge is 0.0234 e. The van der Waals surface area contributed by atoms with Crippen molar-refractivity contribution in [3.8, 4) is 0 Å². The lowest BCUT2D eigenvalue weighted by Crippen LogP contribution is -2.47. The monoisotopic (exact) mass is 276 g/mol. The number of thiol groups is 1. The molecule has 2 aliphatic rings. The first-order valence-electron chi connectivity index (χ1n) is 7.39. The predicted octanol–water partition coefficient (Wildman–Crippen LogP) is 2.51. The number of hydrogen-bond acceptors (Lipinski definition) is 3. The van der Waals surface area contributed by atoms with E-state index in [1.807, 2.05) is 0 Å². The number of nitrogens with zero attached hydrogens (tertiary/aromatic N) is 2. The second-order valence-corrected chi connectivity index (χ2v) is 6.51. The number of rotatable bonds is 5. The molecule has 3 heteroatoms. The Hall–Kier alpha value is -0.510. The van der Waals surface area contributed by atoms with Crippen LogP contribution in [0.25, 0.3) is 0 Å². The molecule has 2 nitrogen and oxygen atoms in total. The van der Waals surface area contributed by atoms with Crippen LogP contribution in [0.1, 0.15) is 18.4 Å². The zero-order valence-corrected chi connectivity index (χ0v) is 12.5. The lowest BCUT2D eigenvalue weighted by atomic mass is 10.1. The van der Waals surface area contributed by atoms with Crippen molar-refractivity contribution in [2.24, 2.45) is 5.41 Å². The van der Waals surface area contributed by atoms with Crippen molar-refractivity contribution >= 4 is 12.6 Å². The van der Waals surface area contributed by atoms with E-state index in [2.05, 4.69) is 52.8 Å². The van der Waals surface area contributed by atoms with Crippen molar-refractivity contribution in [3.05, 3.63) is 35.9 Å². The maximum Gasteiger partial charge on any atom is 0.0234 e. The van der Waals surface area contributed by atoms with E-state index in [0.717, 1.165) is 12.3 Å². The number of piperazine rings is 1. The first kappa shape index (κ1) is 13.5. The first-order chi connectivity index (χ1) is 9.30. The third-order valence-corrected chi connectivity index (χ3v) is 5.24. The Kier molecular flexibility index (Phi) is 4.15. The van der Waals surface area contributed by atoms with Crippen LogP contribution in [0.3, 0.4) is 0 Å². The van der Waals surface area contributed by atoms with Gasteiger partial charge in [-0.1, -0.05) is 30.3 Å². The zero-order valence-electron chi connectivity index (χ0n) is 11.6. The molecule has 0 bridgehead atoms. The summed E-state index contributed by atoms with van der Waals surface area (Å²) in [5.41, 5.74) is 2.01. The Bertz CT molecular complexity index is 394. The van der Waals surface area contributed by atoms with Crippen LogP contribution < -0.4 is 0 Å². The van der Waals surface area contributed by atoms with Gasteiger partial charge in [0.05, 0.1) is 0 Å². The zero-order chi connectivity index (χ0) is 13.1. The van der Waals surface area contributed by atoms with Gasteiger partial charge in [0.15, 0.2) is 0 Å². The van der Waals surface area contributed by atoms with Crippen molar-refractivity contribution in [2.45, 2.75) is 19.4 Å². The molecule has 1 aliphatic carbocycles. The molecule has 104 valence electrons. The highest BCUT2D eigenvalue weighted by molar-refractivity contribution is 7.80. The standard InChI is InChI=1S/C16H24N2S/c19-14-16(6-7-16)13-18-10-8-17(9-11-18)12-15-4-2-1-3-5-15/h1-5,19H,6-14H2. The molecule has 1 heterocycles. The molecule has 19 heavy (non-hydrogen) atoms. The van der Waals surface area contributed by atoms with Gasteiger partial charge in [0, 0.05) is 39.3 Å². The van der Waals surface area contributed by atoms with Crippen LogP contribution in [0.5, 0.6) is 0 Å². The minimum absolute atomic E-state index is 0.574. The minimum atomic E-state index is 0.574. The molecule has 1 aromatic carbocycles. The molecule has 1 aliphatic heterocycles. The fraction of sp³-hybridized carbons (Fsp3) is 0.625. The molecule has 0 aromatic heterocycles. The second-order valence-electron chi connectivity index (χ2n) is 6.20. The van der Waals surface area contributed by atoms with Gasteiger partial charge in [-0.25, -0.2) is 0 Å². The van der Waals surface area contributed by atoms with Crippen LogP contribution in [0.4, 0.5) is 0 Å². The normalized spacial score (nSPS) is 23.4. The Morgan fingerprint density at radius 2 is 1.58 bits per heavy atom. The molecule has 0 amide bonds. The van der Waals surface area contributed by atoms with Gasteiger partial charge in [-0.05, 0) is 29.6 Å². The van der Waals surface area contributed by atoms with Gasteiger partial charge >= 0.3 is 0 Å². The average molecular weight is 276 g/mol. The van der Waals surface area contributed by atoms with Gasteiger partial charge in [0.1, 0.15) is 0 Å². The van der Waals surface area contributed by atoms with Crippen molar-refractivity contribution in [1.29, 1.82) is 0 Å². The summed E-state index contributed by atoms with van der Waals surface area (Å²) >= 11 is 4.51. The molecule has 3 rings (SSSR count). The molecule has 0 radical (unpaired) electrons. The van der Waals surface area contributed by atoms with E-state index in [1.165, 1.54) is 51.1 Å². The van der Waals surface area contributed by atoms with Crippen LogP contribution in [0, 0.1) is 5.41 Å². The van der Waals surface area contributed by atoms with Crippen LogP contribution in [-0.2, 0) is 6.54 Å². The predicted molar refractivity (Wildman–Crippen MR) is 83.7 cm³/mol. The van der Waals surface area contributed by atoms with E-state index in [4.69, 9.17) is 0 Å². The molecular weight excluding hydrogens is 252 g/mol. The van der Waals surface area contributed by atoms with Gasteiger partial charge in [0.25, 0.3) is 0 Å². The van der Waals surface area contributed by atoms with Crippen LogP contribution >= 0.6 is 12.6 Å². The third-order valence-electron chi connectivity index (χ3n) is 4.57. The molecule has 0 atom stereocenters. The molecule has 1 aromatic rings. The molecule has 2 fully saturated rings. The van der Waals surface area contributed by atoms with E-state index in [1.54, 1.807) is 0 Å². The van der Waals surface area contributed by atoms with E-state index in [-0.39, 0.29) is 0 Å². The van der Waals surface area contributed by atoms with Gasteiger partial charge in [-0.2, -0.15) is 12.6 Å². The molecule has 0 unspecified atom stereocenters. The molecule has 0 N–H and O–H groups in total. The van der Waals surface area contributed by atoms with E-state index in [0.29, 0.717) is 5.41 Å². The second kappa shape index (κ2) is 5.86. The summed E-state index contributed by atoms with van der Waals surface area (Å²) in [4.78, 5) is 5.22. The molecule has 1 saturated carbocycles. The van der Waals surface area contributed by atoms with Crippen LogP contribution in [0.15, 0.2) is 30.3 Å². The highest BCUT2D eigenvalue weighted by Crippen LogP contribution is 2.47. The lowest BCUT2D eigenvalue weighted by Gasteiger charge is -2.36. The van der Waals surface area contributed by atoms with E-state index >= 15 is 0 Å². The third kappa shape index (κ3) is 3.53. The fourth-order valence-corrected chi connectivity index (χ4v) is 3.38. The van der Waals surface area contributed by atoms with Crippen molar-refractivity contribution in [3.63, 3.8) is 0 Å². The summed E-state index contributed by atoms with van der Waals surface area (Å²) in [6.45, 7) is 7.24. The van der Waals surface area contributed by atoms with Crippen molar-refractivity contribution in [1.82, 2.24) is 9.80 Å². The summed E-state index contributed by atoms with van der Waals surface area (Å²) in [7, 11) is 0.